The first-order valence-corrected chi connectivity index (χ1v) is 3.41. The van der Waals surface area contributed by atoms with Gasteiger partial charge in [0.05, 0.1) is 5.56 Å². The Morgan fingerprint density at radius 3 is 1.92 bits per heavy atom. The third kappa shape index (κ3) is 2.75. The van der Waals surface area contributed by atoms with Crippen molar-refractivity contribution in [3.05, 3.63) is 34.9 Å². The number of carboxylic acid groups (broad SMARTS) is 1. The van der Waals surface area contributed by atoms with E-state index in [0.717, 1.165) is 11.1 Å². The summed E-state index contributed by atoms with van der Waals surface area (Å²) in [6.07, 6.45) is 0. The Kier molecular flexibility index (Phi) is 4.13. The van der Waals surface area contributed by atoms with Crippen molar-refractivity contribution in [3.8, 4) is 0 Å². The van der Waals surface area contributed by atoms with Gasteiger partial charge in [0.15, 0.2) is 0 Å². The van der Waals surface area contributed by atoms with E-state index in [2.05, 4.69) is 0 Å². The summed E-state index contributed by atoms with van der Waals surface area (Å²) < 4.78 is 0. The van der Waals surface area contributed by atoms with E-state index in [1.165, 1.54) is 0 Å². The number of hydrogen-bond acceptors (Lipinski definition) is 1. The predicted molar refractivity (Wildman–Crippen MR) is 52.8 cm³/mol. The van der Waals surface area contributed by atoms with E-state index in [0.29, 0.717) is 5.56 Å². The normalized spacial score (nSPS) is 8.83. The van der Waals surface area contributed by atoms with E-state index in [-0.39, 0.29) is 19.8 Å². The van der Waals surface area contributed by atoms with E-state index < -0.39 is 5.97 Å². The van der Waals surface area contributed by atoms with Crippen LogP contribution < -0.4 is 0 Å². The first-order chi connectivity index (χ1) is 5.09. The Balaban J connectivity index is 0.00000121. The van der Waals surface area contributed by atoms with Gasteiger partial charge in [-0.1, -0.05) is 17.2 Å². The van der Waals surface area contributed by atoms with Gasteiger partial charge in [-0.05, 0) is 26.0 Å². The van der Waals surface area contributed by atoms with Gasteiger partial charge in [-0.2, -0.15) is 0 Å². The van der Waals surface area contributed by atoms with Gasteiger partial charge < -0.3 is 5.11 Å². The molecule has 0 saturated heterocycles. The van der Waals surface area contributed by atoms with Crippen molar-refractivity contribution in [2.75, 3.05) is 0 Å². The topological polar surface area (TPSA) is 37.3 Å². The molecule has 0 amide bonds. The fourth-order valence-corrected chi connectivity index (χ4v) is 1.10. The second-order valence-electron chi connectivity index (χ2n) is 2.68. The van der Waals surface area contributed by atoms with Gasteiger partial charge >= 0.3 is 25.8 Å². The SMILES string of the molecule is Cc1cc(C)cc(C(=O)O)c1.[GaH3]. The summed E-state index contributed by atoms with van der Waals surface area (Å²) in [5.41, 5.74) is 2.34. The van der Waals surface area contributed by atoms with Crippen LogP contribution in [0.3, 0.4) is 0 Å². The quantitative estimate of drug-likeness (QED) is 0.715. The number of carbonyl (C=O) groups is 1. The third-order valence-corrected chi connectivity index (χ3v) is 1.47. The molecule has 0 heterocycles. The molecule has 1 N–H and O–H groups in total. The van der Waals surface area contributed by atoms with Gasteiger partial charge in [0, 0.05) is 0 Å². The number of aryl methyl sites for hydroxylation is 2. The first-order valence-electron chi connectivity index (χ1n) is 3.41. The maximum atomic E-state index is 10.5. The minimum absolute atomic E-state index is 0. The summed E-state index contributed by atoms with van der Waals surface area (Å²) in [5, 5.41) is 8.63. The Labute approximate surface area is 84.7 Å². The van der Waals surface area contributed by atoms with Gasteiger partial charge in [-0.15, -0.1) is 0 Å². The zero-order valence-corrected chi connectivity index (χ0v) is 6.59. The van der Waals surface area contributed by atoms with Crippen LogP contribution in [-0.2, 0) is 0 Å². The van der Waals surface area contributed by atoms with Gasteiger partial charge in [-0.25, -0.2) is 4.79 Å². The number of benzene rings is 1. The first kappa shape index (κ1) is 11.3. The third-order valence-electron chi connectivity index (χ3n) is 1.47. The maximum absolute atomic E-state index is 10.5. The van der Waals surface area contributed by atoms with Crippen molar-refractivity contribution < 1.29 is 9.90 Å². The summed E-state index contributed by atoms with van der Waals surface area (Å²) in [5.74, 6) is -0.864. The molecule has 0 radical (unpaired) electrons. The van der Waals surface area contributed by atoms with E-state index in [9.17, 15) is 4.79 Å². The molecular weight excluding hydrogens is 210 g/mol. The second-order valence-corrected chi connectivity index (χ2v) is 2.68. The van der Waals surface area contributed by atoms with E-state index in [1.807, 2.05) is 19.9 Å². The molecule has 2 nitrogen and oxygen atoms in total. The monoisotopic (exact) mass is 222 g/mol. The molecule has 0 aliphatic carbocycles. The molecule has 0 spiro atoms. The fraction of sp³-hybridized carbons (Fsp3) is 0.222. The molecule has 1 aromatic carbocycles. The summed E-state index contributed by atoms with van der Waals surface area (Å²) in [6.45, 7) is 3.78. The second kappa shape index (κ2) is 4.38. The van der Waals surface area contributed by atoms with Crippen molar-refractivity contribution in [1.82, 2.24) is 0 Å². The van der Waals surface area contributed by atoms with Crippen LogP contribution in [0.4, 0.5) is 0 Å². The molecule has 0 atom stereocenters. The van der Waals surface area contributed by atoms with E-state index in [4.69, 9.17) is 5.11 Å². The molecule has 0 aliphatic heterocycles. The Bertz CT molecular complexity index is 274. The number of aromatic carboxylic acids is 1. The van der Waals surface area contributed by atoms with Crippen LogP contribution >= 0.6 is 0 Å². The molecule has 64 valence electrons. The molecule has 1 aromatic rings. The zero-order valence-electron chi connectivity index (χ0n) is 6.59. The molecule has 0 aliphatic rings. The molecule has 12 heavy (non-hydrogen) atoms. The Morgan fingerprint density at radius 2 is 1.58 bits per heavy atom. The van der Waals surface area contributed by atoms with Crippen molar-refractivity contribution in [2.45, 2.75) is 13.8 Å². The van der Waals surface area contributed by atoms with E-state index in [1.54, 1.807) is 12.1 Å². The van der Waals surface area contributed by atoms with Crippen LogP contribution in [0.1, 0.15) is 21.5 Å². The minimum atomic E-state index is -0.864. The zero-order chi connectivity index (χ0) is 8.43. The number of hydrogen-bond donors (Lipinski definition) is 1. The number of carboxylic acids is 1. The van der Waals surface area contributed by atoms with Gasteiger partial charge in [-0.3, -0.25) is 0 Å². The molecular formula is C9H13GaO2. The summed E-state index contributed by atoms with van der Waals surface area (Å²) in [6, 6.07) is 5.27. The number of rotatable bonds is 1. The van der Waals surface area contributed by atoms with E-state index >= 15 is 0 Å². The summed E-state index contributed by atoms with van der Waals surface area (Å²) in [4.78, 5) is 10.5. The predicted octanol–water partition coefficient (Wildman–Crippen LogP) is 0.818. The van der Waals surface area contributed by atoms with Crippen molar-refractivity contribution in [1.29, 1.82) is 0 Å². The molecule has 0 saturated carbocycles. The van der Waals surface area contributed by atoms with Crippen LogP contribution in [-0.4, -0.2) is 30.9 Å². The Hall–Kier alpha value is -0.674. The molecule has 1 rings (SSSR count). The van der Waals surface area contributed by atoms with Crippen LogP contribution in [0, 0.1) is 13.8 Å². The molecule has 0 fully saturated rings. The van der Waals surface area contributed by atoms with Crippen molar-refractivity contribution >= 4 is 25.8 Å². The standard InChI is InChI=1S/C9H10O2.Ga.3H/c1-6-3-7(2)5-8(4-6)9(10)11;;;;/h3-5H,1-2H3,(H,10,11);;;;. The van der Waals surface area contributed by atoms with Gasteiger partial charge in [0.25, 0.3) is 0 Å². The van der Waals surface area contributed by atoms with Crippen molar-refractivity contribution in [2.24, 2.45) is 0 Å². The average molecular weight is 223 g/mol. The van der Waals surface area contributed by atoms with Crippen LogP contribution in [0.2, 0.25) is 0 Å². The van der Waals surface area contributed by atoms with Gasteiger partial charge in [0.2, 0.25) is 0 Å². The Morgan fingerprint density at radius 1 is 1.17 bits per heavy atom. The molecule has 0 bridgehead atoms. The summed E-state index contributed by atoms with van der Waals surface area (Å²) in [7, 11) is 0. The van der Waals surface area contributed by atoms with Gasteiger partial charge in [0.1, 0.15) is 0 Å². The molecule has 0 unspecified atom stereocenters. The molecule has 3 heteroatoms. The molecule has 0 aromatic heterocycles. The fourth-order valence-electron chi connectivity index (χ4n) is 1.10. The summed E-state index contributed by atoms with van der Waals surface area (Å²) >= 11 is 0. The average Bonchev–Trinajstić information content (AvgIpc) is 1.85. The van der Waals surface area contributed by atoms with Crippen molar-refractivity contribution in [3.63, 3.8) is 0 Å². The van der Waals surface area contributed by atoms with Crippen LogP contribution in [0.15, 0.2) is 18.2 Å². The van der Waals surface area contributed by atoms with Crippen LogP contribution in [0.25, 0.3) is 0 Å². The van der Waals surface area contributed by atoms with Crippen LogP contribution in [0.5, 0.6) is 0 Å².